The molecule has 2 aromatic carbocycles. The Hall–Kier alpha value is -2.21. The van der Waals surface area contributed by atoms with Crippen LogP contribution in [0.2, 0.25) is 0 Å². The first-order valence-electron chi connectivity index (χ1n) is 8.54. The molecule has 0 radical (unpaired) electrons. The van der Waals surface area contributed by atoms with Gasteiger partial charge in [-0.2, -0.15) is 0 Å². The van der Waals surface area contributed by atoms with Gasteiger partial charge in [-0.1, -0.05) is 42.5 Å². The molecular formula is C20H24N2O3. The Morgan fingerprint density at radius 1 is 1.16 bits per heavy atom. The van der Waals surface area contributed by atoms with Crippen LogP contribution in [-0.4, -0.2) is 44.2 Å². The average Bonchev–Trinajstić information content (AvgIpc) is 2.64. The zero-order chi connectivity index (χ0) is 17.5. The van der Waals surface area contributed by atoms with Crippen molar-refractivity contribution in [2.45, 2.75) is 12.6 Å². The number of benzene rings is 2. The minimum absolute atomic E-state index is 0.169. The molecule has 1 amide bonds. The number of rotatable bonds is 6. The number of anilines is 1. The topological polar surface area (TPSA) is 50.8 Å². The number of nitrogens with one attached hydrogen (secondary N) is 1. The second kappa shape index (κ2) is 8.76. The van der Waals surface area contributed by atoms with E-state index in [4.69, 9.17) is 9.47 Å². The van der Waals surface area contributed by atoms with Crippen molar-refractivity contribution in [2.75, 3.05) is 38.7 Å². The molecule has 1 fully saturated rings. The number of hydrogen-bond acceptors (Lipinski definition) is 4. The molecule has 1 unspecified atom stereocenters. The summed E-state index contributed by atoms with van der Waals surface area (Å²) in [5.41, 5.74) is 2.80. The number of methoxy groups -OCH3 is 1. The van der Waals surface area contributed by atoms with Crippen LogP contribution in [0.1, 0.15) is 17.2 Å². The molecule has 1 aliphatic rings. The zero-order valence-corrected chi connectivity index (χ0v) is 14.5. The third kappa shape index (κ3) is 4.89. The van der Waals surface area contributed by atoms with E-state index in [2.05, 4.69) is 16.3 Å². The summed E-state index contributed by atoms with van der Waals surface area (Å²) in [6, 6.07) is 17.5. The van der Waals surface area contributed by atoms with E-state index in [1.165, 1.54) is 5.56 Å². The van der Waals surface area contributed by atoms with Gasteiger partial charge in [-0.3, -0.25) is 9.69 Å². The molecule has 2 aromatic rings. The maximum Gasteiger partial charge on any atom is 0.258 e. The van der Waals surface area contributed by atoms with Crippen molar-refractivity contribution in [1.82, 2.24) is 4.90 Å². The van der Waals surface area contributed by atoms with Crippen LogP contribution in [-0.2, 0) is 20.8 Å². The molecule has 1 aliphatic heterocycles. The van der Waals surface area contributed by atoms with E-state index in [1.54, 1.807) is 7.11 Å². The second-order valence-corrected chi connectivity index (χ2v) is 6.10. The maximum absolute atomic E-state index is 12.6. The minimum Gasteiger partial charge on any atom is -0.379 e. The summed E-state index contributed by atoms with van der Waals surface area (Å²) in [5, 5.41) is 2.96. The van der Waals surface area contributed by atoms with E-state index in [-0.39, 0.29) is 5.91 Å². The van der Waals surface area contributed by atoms with Crippen molar-refractivity contribution < 1.29 is 14.3 Å². The summed E-state index contributed by atoms with van der Waals surface area (Å²) in [4.78, 5) is 14.9. The van der Waals surface area contributed by atoms with E-state index in [1.807, 2.05) is 48.5 Å². The summed E-state index contributed by atoms with van der Waals surface area (Å²) in [7, 11) is 1.55. The molecule has 0 aliphatic carbocycles. The number of morpholine rings is 1. The molecule has 0 aromatic heterocycles. The molecule has 25 heavy (non-hydrogen) atoms. The average molecular weight is 340 g/mol. The molecule has 5 heteroatoms. The van der Waals surface area contributed by atoms with Crippen LogP contribution in [0.5, 0.6) is 0 Å². The highest BCUT2D eigenvalue weighted by Crippen LogP contribution is 2.20. The first-order chi connectivity index (χ1) is 12.3. The summed E-state index contributed by atoms with van der Waals surface area (Å²) < 4.78 is 10.8. The Bertz CT molecular complexity index is 684. The van der Waals surface area contributed by atoms with Gasteiger partial charge < -0.3 is 14.8 Å². The van der Waals surface area contributed by atoms with Crippen molar-refractivity contribution >= 4 is 11.6 Å². The van der Waals surface area contributed by atoms with Crippen LogP contribution in [0.3, 0.4) is 0 Å². The summed E-state index contributed by atoms with van der Waals surface area (Å²) in [6.07, 6.45) is -0.621. The smallest absolute Gasteiger partial charge is 0.258 e. The van der Waals surface area contributed by atoms with Gasteiger partial charge in [0, 0.05) is 32.4 Å². The van der Waals surface area contributed by atoms with Gasteiger partial charge in [0.25, 0.3) is 5.91 Å². The highest BCUT2D eigenvalue weighted by molar-refractivity contribution is 5.94. The van der Waals surface area contributed by atoms with Crippen molar-refractivity contribution in [1.29, 1.82) is 0 Å². The normalized spacial score (nSPS) is 16.4. The van der Waals surface area contributed by atoms with Gasteiger partial charge in [-0.05, 0) is 23.3 Å². The van der Waals surface area contributed by atoms with Gasteiger partial charge in [-0.25, -0.2) is 0 Å². The van der Waals surface area contributed by atoms with Crippen LogP contribution in [0.15, 0.2) is 54.6 Å². The Morgan fingerprint density at radius 2 is 1.92 bits per heavy atom. The highest BCUT2D eigenvalue weighted by Gasteiger charge is 2.20. The van der Waals surface area contributed by atoms with Gasteiger partial charge in [0.2, 0.25) is 0 Å². The largest absolute Gasteiger partial charge is 0.379 e. The molecule has 132 valence electrons. The molecule has 3 rings (SSSR count). The number of carbonyl (C=O) groups excluding carboxylic acids is 1. The van der Waals surface area contributed by atoms with Crippen LogP contribution < -0.4 is 5.32 Å². The van der Waals surface area contributed by atoms with Gasteiger partial charge in [0.1, 0.15) is 0 Å². The van der Waals surface area contributed by atoms with E-state index < -0.39 is 6.10 Å². The van der Waals surface area contributed by atoms with Crippen LogP contribution >= 0.6 is 0 Å². The number of amides is 1. The van der Waals surface area contributed by atoms with E-state index in [9.17, 15) is 4.79 Å². The Morgan fingerprint density at radius 3 is 2.64 bits per heavy atom. The number of carbonyl (C=O) groups is 1. The van der Waals surface area contributed by atoms with E-state index in [0.29, 0.717) is 0 Å². The summed E-state index contributed by atoms with van der Waals surface area (Å²) in [5.74, 6) is -0.169. The van der Waals surface area contributed by atoms with Crippen molar-refractivity contribution in [3.05, 3.63) is 65.7 Å². The molecule has 1 atom stereocenters. The van der Waals surface area contributed by atoms with Gasteiger partial charge in [0.05, 0.1) is 13.2 Å². The third-order valence-corrected chi connectivity index (χ3v) is 4.28. The quantitative estimate of drug-likeness (QED) is 0.878. The first-order valence-corrected chi connectivity index (χ1v) is 8.54. The van der Waals surface area contributed by atoms with Crippen molar-refractivity contribution in [3.8, 4) is 0 Å². The lowest BCUT2D eigenvalue weighted by molar-refractivity contribution is -0.126. The third-order valence-electron chi connectivity index (χ3n) is 4.28. The fraction of sp³-hybridized carbons (Fsp3) is 0.350. The maximum atomic E-state index is 12.6. The second-order valence-electron chi connectivity index (χ2n) is 6.10. The summed E-state index contributed by atoms with van der Waals surface area (Å²) >= 11 is 0. The van der Waals surface area contributed by atoms with Gasteiger partial charge in [-0.15, -0.1) is 0 Å². The lowest BCUT2D eigenvalue weighted by Crippen LogP contribution is -2.35. The van der Waals surface area contributed by atoms with Crippen LogP contribution in [0.4, 0.5) is 5.69 Å². The molecule has 5 nitrogen and oxygen atoms in total. The minimum atomic E-state index is -0.621. The number of hydrogen-bond donors (Lipinski definition) is 1. The SMILES string of the molecule is COC(C(=O)Nc1cccc(CN2CCOCC2)c1)c1ccccc1. The fourth-order valence-corrected chi connectivity index (χ4v) is 3.00. The lowest BCUT2D eigenvalue weighted by Gasteiger charge is -2.26. The van der Waals surface area contributed by atoms with Gasteiger partial charge >= 0.3 is 0 Å². The predicted octanol–water partition coefficient (Wildman–Crippen LogP) is 2.85. The fourth-order valence-electron chi connectivity index (χ4n) is 3.00. The number of ether oxygens (including phenoxy) is 2. The molecule has 1 saturated heterocycles. The highest BCUT2D eigenvalue weighted by atomic mass is 16.5. The molecule has 0 bridgehead atoms. The Balaban J connectivity index is 1.65. The monoisotopic (exact) mass is 340 g/mol. The Kier molecular flexibility index (Phi) is 6.17. The molecule has 1 N–H and O–H groups in total. The molecule has 0 saturated carbocycles. The standard InChI is InChI=1S/C20H24N2O3/c1-24-19(17-7-3-2-4-8-17)20(23)21-18-9-5-6-16(14-18)15-22-10-12-25-13-11-22/h2-9,14,19H,10-13,15H2,1H3,(H,21,23). The Labute approximate surface area is 148 Å². The summed E-state index contributed by atoms with van der Waals surface area (Å²) in [6.45, 7) is 4.30. The van der Waals surface area contributed by atoms with E-state index >= 15 is 0 Å². The van der Waals surface area contributed by atoms with Crippen LogP contribution in [0.25, 0.3) is 0 Å². The van der Waals surface area contributed by atoms with Gasteiger partial charge in [0.15, 0.2) is 6.10 Å². The number of nitrogens with zero attached hydrogens (tertiary/aromatic N) is 1. The molecule has 0 spiro atoms. The van der Waals surface area contributed by atoms with Crippen molar-refractivity contribution in [3.63, 3.8) is 0 Å². The van der Waals surface area contributed by atoms with E-state index in [0.717, 1.165) is 44.1 Å². The predicted molar refractivity (Wildman–Crippen MR) is 97.4 cm³/mol. The lowest BCUT2D eigenvalue weighted by atomic mass is 10.1. The van der Waals surface area contributed by atoms with Crippen LogP contribution in [0, 0.1) is 0 Å². The first kappa shape index (κ1) is 17.6. The molecular weight excluding hydrogens is 316 g/mol. The zero-order valence-electron chi connectivity index (χ0n) is 14.5. The molecule has 1 heterocycles. The van der Waals surface area contributed by atoms with Crippen molar-refractivity contribution in [2.24, 2.45) is 0 Å².